The van der Waals surface area contributed by atoms with E-state index in [4.69, 9.17) is 14.5 Å². The predicted molar refractivity (Wildman–Crippen MR) is 154 cm³/mol. The minimum absolute atomic E-state index is 0.00189. The number of aromatic hydroxyl groups is 1. The zero-order chi connectivity index (χ0) is 30.2. The Labute approximate surface area is 251 Å². The lowest BCUT2D eigenvalue weighted by atomic mass is 9.91. The number of benzene rings is 1. The summed E-state index contributed by atoms with van der Waals surface area (Å²) in [6.45, 7) is 2.76. The quantitative estimate of drug-likeness (QED) is 0.370. The highest BCUT2D eigenvalue weighted by atomic mass is 19.3. The van der Waals surface area contributed by atoms with E-state index in [9.17, 15) is 18.3 Å². The fourth-order valence-corrected chi connectivity index (χ4v) is 7.81. The van der Waals surface area contributed by atoms with E-state index in [1.54, 1.807) is 0 Å². The number of pyridine rings is 1. The van der Waals surface area contributed by atoms with Crippen LogP contribution in [0.3, 0.4) is 0 Å². The third kappa shape index (κ3) is 4.88. The number of nitrogens with zero attached hydrogens (tertiary/aromatic N) is 5. The molecule has 2 N–H and O–H groups in total. The Balaban J connectivity index is 1.19. The fraction of sp³-hybridized carbons (Fsp3) is 0.581. The van der Waals surface area contributed by atoms with Crippen molar-refractivity contribution in [2.75, 3.05) is 37.7 Å². The van der Waals surface area contributed by atoms with E-state index in [1.165, 1.54) is 24.4 Å². The molecular weight excluding hydrogens is 580 g/mol. The van der Waals surface area contributed by atoms with Gasteiger partial charge in [-0.3, -0.25) is 9.88 Å². The Morgan fingerprint density at radius 3 is 2.64 bits per heavy atom. The summed E-state index contributed by atoms with van der Waals surface area (Å²) in [4.78, 5) is 18.0. The van der Waals surface area contributed by atoms with Gasteiger partial charge in [0.1, 0.15) is 47.4 Å². The molecule has 4 atom stereocenters. The molecule has 2 aromatic heterocycles. The van der Waals surface area contributed by atoms with Gasteiger partial charge in [-0.1, -0.05) is 0 Å². The third-order valence-corrected chi connectivity index (χ3v) is 9.96. The van der Waals surface area contributed by atoms with E-state index in [0.717, 1.165) is 32.2 Å². The van der Waals surface area contributed by atoms with Crippen LogP contribution in [0.25, 0.3) is 22.2 Å². The maximum atomic E-state index is 16.6. The first-order valence-electron chi connectivity index (χ1n) is 15.4. The molecule has 2 bridgehead atoms. The van der Waals surface area contributed by atoms with Gasteiger partial charge in [0, 0.05) is 62.7 Å². The van der Waals surface area contributed by atoms with Gasteiger partial charge in [0.05, 0.1) is 10.9 Å². The molecule has 2 unspecified atom stereocenters. The second kappa shape index (κ2) is 10.3. The maximum Gasteiger partial charge on any atom is 0.319 e. The highest BCUT2D eigenvalue weighted by Gasteiger charge is 2.50. The number of alkyl halides is 3. The molecule has 8 rings (SSSR count). The maximum absolute atomic E-state index is 16.6. The molecule has 9 nitrogen and oxygen atoms in total. The fourth-order valence-electron chi connectivity index (χ4n) is 7.81. The van der Waals surface area contributed by atoms with Gasteiger partial charge in [-0.25, -0.2) is 17.6 Å². The third-order valence-electron chi connectivity index (χ3n) is 9.96. The van der Waals surface area contributed by atoms with Crippen LogP contribution in [0.2, 0.25) is 0 Å². The standard InChI is InChI=1S/C31H34F4N6O3/c32-17-9-30(6-1-7-41(30)13-17)16-43-29-38-27-23(28(39-29)40-14-18-2-3-19(15-40)37-18)12-36-26(25(27)33)22-8-20(42)4-5-24(22)44-21-10-31(34,35)11-21/h4-5,8,12,17-19,21,37,42H,1-3,6-7,9-11,13-16H2/t17-,18?,19?,30+/m1/s1. The lowest BCUT2D eigenvalue weighted by Crippen LogP contribution is -2.51. The first-order valence-corrected chi connectivity index (χ1v) is 15.4. The van der Waals surface area contributed by atoms with Gasteiger partial charge in [-0.15, -0.1) is 0 Å². The molecule has 1 aromatic carbocycles. The van der Waals surface area contributed by atoms with Crippen LogP contribution in [0.5, 0.6) is 17.5 Å². The van der Waals surface area contributed by atoms with E-state index < -0.39 is 42.4 Å². The number of nitrogens with one attached hydrogen (secondary N) is 1. The van der Waals surface area contributed by atoms with E-state index >= 15 is 4.39 Å². The summed E-state index contributed by atoms with van der Waals surface area (Å²) in [5.41, 5.74) is -0.453. The molecule has 5 aliphatic rings. The number of phenols is 1. The van der Waals surface area contributed by atoms with Crippen molar-refractivity contribution in [3.8, 4) is 28.8 Å². The average Bonchev–Trinajstić information content (AvgIpc) is 3.62. The summed E-state index contributed by atoms with van der Waals surface area (Å²) in [5, 5.41) is 14.3. The predicted octanol–water partition coefficient (Wildman–Crippen LogP) is 4.61. The van der Waals surface area contributed by atoms with Gasteiger partial charge in [0.15, 0.2) is 5.82 Å². The van der Waals surface area contributed by atoms with Crippen molar-refractivity contribution >= 4 is 16.7 Å². The topological polar surface area (TPSA) is 95.9 Å². The second-order valence-corrected chi connectivity index (χ2v) is 13.1. The summed E-state index contributed by atoms with van der Waals surface area (Å²) in [6, 6.07) is 4.67. The summed E-state index contributed by atoms with van der Waals surface area (Å²) >= 11 is 0. The van der Waals surface area contributed by atoms with Gasteiger partial charge in [-0.2, -0.15) is 9.97 Å². The Morgan fingerprint density at radius 2 is 1.86 bits per heavy atom. The summed E-state index contributed by atoms with van der Waals surface area (Å²) in [6.07, 6.45) is 3.21. The number of rotatable bonds is 7. The van der Waals surface area contributed by atoms with Gasteiger partial charge in [0.25, 0.3) is 5.92 Å². The van der Waals surface area contributed by atoms with E-state index in [2.05, 4.69) is 25.1 Å². The number of phenolic OH excluding ortho intramolecular Hbond substituents is 1. The Kier molecular flexibility index (Phi) is 6.57. The van der Waals surface area contributed by atoms with Crippen LogP contribution in [-0.4, -0.2) is 93.6 Å². The highest BCUT2D eigenvalue weighted by Crippen LogP contribution is 2.44. The average molecular weight is 615 g/mol. The van der Waals surface area contributed by atoms with E-state index in [1.807, 2.05) is 0 Å². The highest BCUT2D eigenvalue weighted by molar-refractivity contribution is 5.92. The van der Waals surface area contributed by atoms with Crippen molar-refractivity contribution < 1.29 is 32.1 Å². The Morgan fingerprint density at radius 1 is 1.07 bits per heavy atom. The van der Waals surface area contributed by atoms with Crippen LogP contribution in [0.15, 0.2) is 24.4 Å². The molecule has 44 heavy (non-hydrogen) atoms. The molecule has 234 valence electrons. The minimum atomic E-state index is -2.79. The van der Waals surface area contributed by atoms with Crippen LogP contribution in [0.1, 0.15) is 44.9 Å². The van der Waals surface area contributed by atoms with Crippen molar-refractivity contribution in [2.24, 2.45) is 0 Å². The number of piperazine rings is 1. The van der Waals surface area contributed by atoms with Gasteiger partial charge < -0.3 is 24.8 Å². The summed E-state index contributed by atoms with van der Waals surface area (Å²) in [7, 11) is 0. The second-order valence-electron chi connectivity index (χ2n) is 13.1. The molecule has 0 spiro atoms. The van der Waals surface area contributed by atoms with Crippen LogP contribution in [0.4, 0.5) is 23.4 Å². The molecule has 1 aliphatic carbocycles. The monoisotopic (exact) mass is 614 g/mol. The first-order chi connectivity index (χ1) is 21.1. The van der Waals surface area contributed by atoms with E-state index in [0.29, 0.717) is 37.3 Å². The van der Waals surface area contributed by atoms with Crippen molar-refractivity contribution in [2.45, 2.75) is 80.8 Å². The number of ether oxygens (including phenoxy) is 2. The van der Waals surface area contributed by atoms with Crippen molar-refractivity contribution in [1.82, 2.24) is 25.2 Å². The number of aromatic nitrogens is 3. The molecule has 6 heterocycles. The molecule has 0 amide bonds. The van der Waals surface area contributed by atoms with Crippen molar-refractivity contribution in [1.29, 1.82) is 0 Å². The van der Waals surface area contributed by atoms with Gasteiger partial charge in [-0.05, 0) is 50.4 Å². The molecule has 4 saturated heterocycles. The molecule has 1 saturated carbocycles. The zero-order valence-electron chi connectivity index (χ0n) is 24.1. The number of halogens is 4. The minimum Gasteiger partial charge on any atom is -0.508 e. The smallest absolute Gasteiger partial charge is 0.319 e. The van der Waals surface area contributed by atoms with Gasteiger partial charge >= 0.3 is 6.01 Å². The Hall–Kier alpha value is -3.45. The number of hydrogen-bond acceptors (Lipinski definition) is 9. The molecule has 13 heteroatoms. The summed E-state index contributed by atoms with van der Waals surface area (Å²) in [5.74, 6) is -3.06. The molecule has 0 radical (unpaired) electrons. The lowest BCUT2D eigenvalue weighted by molar-refractivity contribution is -0.134. The SMILES string of the molecule is Oc1ccc(OC2CC(F)(F)C2)c(-c2ncc3c(N4CC5CCC(C4)N5)nc(OC[C@@]45CCCN4C[C@H](F)C5)nc3c2F)c1. The molecule has 5 fully saturated rings. The summed E-state index contributed by atoms with van der Waals surface area (Å²) < 4.78 is 70.0. The van der Waals surface area contributed by atoms with Crippen molar-refractivity contribution in [3.05, 3.63) is 30.2 Å². The zero-order valence-corrected chi connectivity index (χ0v) is 24.1. The van der Waals surface area contributed by atoms with Crippen molar-refractivity contribution in [3.63, 3.8) is 0 Å². The van der Waals surface area contributed by atoms with Gasteiger partial charge in [0.2, 0.25) is 0 Å². The number of fused-ring (bicyclic) bond motifs is 4. The van der Waals surface area contributed by atoms with Crippen LogP contribution >= 0.6 is 0 Å². The van der Waals surface area contributed by atoms with Crippen LogP contribution in [0, 0.1) is 5.82 Å². The van der Waals surface area contributed by atoms with Crippen LogP contribution in [-0.2, 0) is 0 Å². The van der Waals surface area contributed by atoms with E-state index in [-0.39, 0.29) is 53.0 Å². The van der Waals surface area contributed by atoms with Crippen LogP contribution < -0.4 is 19.7 Å². The Bertz CT molecular complexity index is 1590. The number of anilines is 1. The molecule has 4 aliphatic heterocycles. The normalized spacial score (nSPS) is 29.6. The first kappa shape index (κ1) is 28.1. The largest absolute Gasteiger partial charge is 0.508 e. The molecular formula is C31H34F4N6O3. The number of hydrogen-bond donors (Lipinski definition) is 2. The molecule has 3 aromatic rings. The lowest BCUT2D eigenvalue weighted by Gasteiger charge is -2.35.